The summed E-state index contributed by atoms with van der Waals surface area (Å²) < 4.78 is 38.0. The van der Waals surface area contributed by atoms with Crippen molar-refractivity contribution in [3.63, 3.8) is 0 Å². The normalized spacial score (nSPS) is 12.0. The Bertz CT molecular complexity index is 969. The monoisotopic (exact) mass is 343 g/mol. The van der Waals surface area contributed by atoms with Crippen molar-refractivity contribution in [1.82, 2.24) is 4.98 Å². The van der Waals surface area contributed by atoms with Crippen LogP contribution in [0.2, 0.25) is 0 Å². The van der Waals surface area contributed by atoms with Crippen molar-refractivity contribution in [3.05, 3.63) is 77.5 Å². The van der Waals surface area contributed by atoms with Crippen molar-refractivity contribution < 1.29 is 22.8 Å². The summed E-state index contributed by atoms with van der Waals surface area (Å²) in [7, 11) is 0. The maximum Gasteiger partial charge on any atom is 0.454 e. The predicted molar refractivity (Wildman–Crippen MR) is 88.5 cm³/mol. The number of H-pyrrole nitrogens is 1. The Morgan fingerprint density at radius 1 is 0.960 bits per heavy atom. The molecule has 0 atom stereocenters. The molecule has 3 rings (SSSR count). The lowest BCUT2D eigenvalue weighted by atomic mass is 10.0. The van der Waals surface area contributed by atoms with Crippen LogP contribution in [0.5, 0.6) is 0 Å². The van der Waals surface area contributed by atoms with Crippen molar-refractivity contribution in [1.29, 1.82) is 0 Å². The molecule has 0 aliphatic carbocycles. The van der Waals surface area contributed by atoms with E-state index in [1.165, 1.54) is 24.3 Å². The van der Waals surface area contributed by atoms with Crippen LogP contribution in [0, 0.1) is 0 Å². The molecule has 0 saturated carbocycles. The van der Waals surface area contributed by atoms with Gasteiger partial charge in [0, 0.05) is 17.1 Å². The number of allylic oxidation sites excluding steroid dienone is 1. The van der Waals surface area contributed by atoms with Crippen LogP contribution >= 0.6 is 0 Å². The van der Waals surface area contributed by atoms with Gasteiger partial charge < -0.3 is 4.98 Å². The standard InChI is InChI=1S/C19H12F3NO2/c20-19(21,22)18(25)15-11-23-17-13(7-4-8-14(15)17)9-10-16(24)12-5-2-1-3-6-12/h1-11,23H/b10-9+. The lowest BCUT2D eigenvalue weighted by Crippen LogP contribution is -2.22. The average Bonchev–Trinajstić information content (AvgIpc) is 3.03. The number of fused-ring (bicyclic) bond motifs is 1. The van der Waals surface area contributed by atoms with Crippen molar-refractivity contribution in [2.45, 2.75) is 6.18 Å². The number of halogens is 3. The minimum atomic E-state index is -4.94. The van der Waals surface area contributed by atoms with Gasteiger partial charge in [-0.3, -0.25) is 9.59 Å². The fraction of sp³-hybridized carbons (Fsp3) is 0.0526. The van der Waals surface area contributed by atoms with Crippen LogP contribution in [0.25, 0.3) is 17.0 Å². The Hall–Kier alpha value is -3.15. The summed E-state index contributed by atoms with van der Waals surface area (Å²) in [5.74, 6) is -2.13. The first kappa shape index (κ1) is 16.7. The molecule has 0 saturated heterocycles. The molecule has 0 amide bonds. The van der Waals surface area contributed by atoms with Gasteiger partial charge in [-0.2, -0.15) is 13.2 Å². The summed E-state index contributed by atoms with van der Waals surface area (Å²) in [6.07, 6.45) is -1.05. The highest BCUT2D eigenvalue weighted by Crippen LogP contribution is 2.28. The van der Waals surface area contributed by atoms with Crippen LogP contribution in [-0.4, -0.2) is 22.7 Å². The Labute approximate surface area is 140 Å². The first-order chi connectivity index (χ1) is 11.9. The van der Waals surface area contributed by atoms with Crippen LogP contribution in [-0.2, 0) is 0 Å². The highest BCUT2D eigenvalue weighted by atomic mass is 19.4. The minimum absolute atomic E-state index is 0.164. The van der Waals surface area contributed by atoms with E-state index in [0.29, 0.717) is 16.6 Å². The Morgan fingerprint density at radius 2 is 1.68 bits per heavy atom. The molecule has 0 aliphatic heterocycles. The van der Waals surface area contributed by atoms with E-state index in [4.69, 9.17) is 0 Å². The Balaban J connectivity index is 1.96. The molecule has 1 heterocycles. The molecule has 0 aliphatic rings. The molecule has 0 bridgehead atoms. The summed E-state index contributed by atoms with van der Waals surface area (Å²) in [5.41, 5.74) is 0.952. The summed E-state index contributed by atoms with van der Waals surface area (Å²) in [5, 5.41) is 0.164. The average molecular weight is 343 g/mol. The van der Waals surface area contributed by atoms with Crippen molar-refractivity contribution >= 4 is 28.5 Å². The molecule has 0 spiro atoms. The number of benzene rings is 2. The lowest BCUT2D eigenvalue weighted by Gasteiger charge is -2.03. The zero-order valence-corrected chi connectivity index (χ0v) is 12.8. The topological polar surface area (TPSA) is 49.9 Å². The Kier molecular flexibility index (Phi) is 4.27. The van der Waals surface area contributed by atoms with E-state index in [0.717, 1.165) is 6.20 Å². The highest BCUT2D eigenvalue weighted by molar-refractivity contribution is 6.12. The van der Waals surface area contributed by atoms with Gasteiger partial charge in [0.15, 0.2) is 5.78 Å². The number of hydrogen-bond donors (Lipinski definition) is 1. The number of carbonyl (C=O) groups is 2. The molecule has 2 aromatic carbocycles. The first-order valence-electron chi connectivity index (χ1n) is 7.37. The second-order valence-corrected chi connectivity index (χ2v) is 5.36. The van der Waals surface area contributed by atoms with Gasteiger partial charge in [-0.05, 0) is 17.7 Å². The summed E-state index contributed by atoms with van der Waals surface area (Å²) in [4.78, 5) is 26.3. The van der Waals surface area contributed by atoms with E-state index in [1.807, 2.05) is 0 Å². The Morgan fingerprint density at radius 3 is 2.36 bits per heavy atom. The third-order valence-corrected chi connectivity index (χ3v) is 3.72. The zero-order chi connectivity index (χ0) is 18.0. The number of ketones is 2. The number of Topliss-reactive ketones (excluding diaryl/α,β-unsaturated/α-hetero) is 1. The van der Waals surface area contributed by atoms with Gasteiger partial charge in [0.1, 0.15) is 0 Å². The molecule has 0 fully saturated rings. The van der Waals surface area contributed by atoms with Crippen LogP contribution < -0.4 is 0 Å². The molecule has 0 unspecified atom stereocenters. The van der Waals surface area contributed by atoms with E-state index in [9.17, 15) is 22.8 Å². The third kappa shape index (κ3) is 3.38. The highest BCUT2D eigenvalue weighted by Gasteiger charge is 2.40. The van der Waals surface area contributed by atoms with Crippen LogP contribution in [0.3, 0.4) is 0 Å². The van der Waals surface area contributed by atoms with Gasteiger partial charge in [0.25, 0.3) is 5.78 Å². The second-order valence-electron chi connectivity index (χ2n) is 5.36. The SMILES string of the molecule is O=C(/C=C/c1cccc2c(C(=O)C(F)(F)F)c[nH]c12)c1ccccc1. The van der Waals surface area contributed by atoms with E-state index in [1.54, 1.807) is 36.4 Å². The molecule has 6 heteroatoms. The van der Waals surface area contributed by atoms with E-state index >= 15 is 0 Å². The smallest absolute Gasteiger partial charge is 0.360 e. The van der Waals surface area contributed by atoms with Gasteiger partial charge in [-0.1, -0.05) is 48.5 Å². The quantitative estimate of drug-likeness (QED) is 0.546. The number of para-hydroxylation sites is 1. The van der Waals surface area contributed by atoms with Crippen LogP contribution in [0.15, 0.2) is 60.8 Å². The van der Waals surface area contributed by atoms with E-state index < -0.39 is 17.5 Å². The number of hydrogen-bond acceptors (Lipinski definition) is 2. The zero-order valence-electron chi connectivity index (χ0n) is 12.8. The molecule has 3 nitrogen and oxygen atoms in total. The third-order valence-electron chi connectivity index (χ3n) is 3.72. The fourth-order valence-corrected chi connectivity index (χ4v) is 2.52. The number of alkyl halides is 3. The van der Waals surface area contributed by atoms with Gasteiger partial charge in [0.2, 0.25) is 0 Å². The molecule has 3 aromatic rings. The van der Waals surface area contributed by atoms with Gasteiger partial charge >= 0.3 is 6.18 Å². The van der Waals surface area contributed by atoms with Crippen LogP contribution in [0.1, 0.15) is 26.3 Å². The summed E-state index contributed by atoms with van der Waals surface area (Å²) in [6.45, 7) is 0. The summed E-state index contributed by atoms with van der Waals surface area (Å²) in [6, 6.07) is 13.2. The van der Waals surface area contributed by atoms with Crippen molar-refractivity contribution in [2.75, 3.05) is 0 Å². The summed E-state index contributed by atoms with van der Waals surface area (Å²) >= 11 is 0. The molecular weight excluding hydrogens is 331 g/mol. The molecular formula is C19H12F3NO2. The molecule has 126 valence electrons. The van der Waals surface area contributed by atoms with Crippen molar-refractivity contribution in [3.8, 4) is 0 Å². The molecule has 1 aromatic heterocycles. The van der Waals surface area contributed by atoms with Gasteiger partial charge in [-0.25, -0.2) is 0 Å². The predicted octanol–water partition coefficient (Wildman–Crippen LogP) is 4.81. The number of aromatic nitrogens is 1. The first-order valence-corrected chi connectivity index (χ1v) is 7.37. The number of nitrogens with one attached hydrogen (secondary N) is 1. The lowest BCUT2D eigenvalue weighted by molar-refractivity contribution is -0.0884. The van der Waals surface area contributed by atoms with Gasteiger partial charge in [0.05, 0.1) is 11.1 Å². The minimum Gasteiger partial charge on any atom is -0.360 e. The largest absolute Gasteiger partial charge is 0.454 e. The molecule has 1 N–H and O–H groups in total. The number of carbonyl (C=O) groups excluding carboxylic acids is 2. The molecule has 25 heavy (non-hydrogen) atoms. The van der Waals surface area contributed by atoms with Crippen molar-refractivity contribution in [2.24, 2.45) is 0 Å². The maximum absolute atomic E-state index is 12.7. The van der Waals surface area contributed by atoms with Crippen LogP contribution in [0.4, 0.5) is 13.2 Å². The number of aromatic amines is 1. The van der Waals surface area contributed by atoms with E-state index in [-0.39, 0.29) is 11.2 Å². The fourth-order valence-electron chi connectivity index (χ4n) is 2.52. The van der Waals surface area contributed by atoms with Gasteiger partial charge in [-0.15, -0.1) is 0 Å². The molecule has 0 radical (unpaired) electrons. The number of rotatable bonds is 4. The maximum atomic E-state index is 12.7. The van der Waals surface area contributed by atoms with E-state index in [2.05, 4.69) is 4.98 Å². The second kappa shape index (κ2) is 6.39.